The van der Waals surface area contributed by atoms with Gasteiger partial charge in [-0.05, 0) is 42.8 Å². The third kappa shape index (κ3) is 3.01. The Bertz CT molecular complexity index is 604. The van der Waals surface area contributed by atoms with Crippen molar-refractivity contribution >= 4 is 21.4 Å². The summed E-state index contributed by atoms with van der Waals surface area (Å²) in [4.78, 5) is 3.92. The Balaban J connectivity index is 1.86. The molecule has 3 heteroatoms. The molecule has 1 aliphatic rings. The van der Waals surface area contributed by atoms with E-state index in [0.29, 0.717) is 6.54 Å². The molecule has 0 saturated heterocycles. The van der Waals surface area contributed by atoms with Crippen molar-refractivity contribution in [2.24, 2.45) is 11.7 Å². The largest absolute Gasteiger partial charge is 0.326 e. The van der Waals surface area contributed by atoms with E-state index in [1.54, 1.807) is 0 Å². The minimum Gasteiger partial charge on any atom is -0.326 e. The average Bonchev–Trinajstić information content (AvgIpc) is 2.86. The lowest BCUT2D eigenvalue weighted by Crippen LogP contribution is -2.38. The second kappa shape index (κ2) is 6.47. The maximum atomic E-state index is 5.99. The molecule has 1 heterocycles. The van der Waals surface area contributed by atoms with Crippen LogP contribution in [0.4, 0.5) is 0 Å². The van der Waals surface area contributed by atoms with Gasteiger partial charge in [-0.1, -0.05) is 38.0 Å². The average molecular weight is 302 g/mol. The minimum atomic E-state index is 0.655. The first-order valence-electron chi connectivity index (χ1n) is 8.10. The molecule has 1 aromatic heterocycles. The lowest BCUT2D eigenvalue weighted by molar-refractivity contribution is 0.133. The molecule has 0 bridgehead atoms. The van der Waals surface area contributed by atoms with Gasteiger partial charge in [0.1, 0.15) is 0 Å². The highest BCUT2D eigenvalue weighted by Crippen LogP contribution is 2.34. The van der Waals surface area contributed by atoms with Crippen LogP contribution in [0.15, 0.2) is 24.3 Å². The van der Waals surface area contributed by atoms with Crippen LogP contribution in [0.3, 0.4) is 0 Å². The van der Waals surface area contributed by atoms with Crippen molar-refractivity contribution in [3.8, 4) is 0 Å². The molecule has 1 fully saturated rings. The van der Waals surface area contributed by atoms with Crippen LogP contribution in [0.1, 0.15) is 43.0 Å². The molecular formula is C18H26N2S. The molecule has 21 heavy (non-hydrogen) atoms. The summed E-state index contributed by atoms with van der Waals surface area (Å²) in [6.45, 7) is 4.10. The smallest absolute Gasteiger partial charge is 0.0349 e. The zero-order valence-corrected chi connectivity index (χ0v) is 14.0. The van der Waals surface area contributed by atoms with E-state index in [9.17, 15) is 0 Å². The van der Waals surface area contributed by atoms with Crippen LogP contribution in [0.25, 0.3) is 10.1 Å². The number of hydrogen-bond donors (Lipinski definition) is 1. The van der Waals surface area contributed by atoms with Gasteiger partial charge in [-0.2, -0.15) is 0 Å². The zero-order chi connectivity index (χ0) is 14.8. The van der Waals surface area contributed by atoms with Gasteiger partial charge in [0.05, 0.1) is 0 Å². The monoisotopic (exact) mass is 302 g/mol. The predicted octanol–water partition coefficient (Wildman–Crippen LogP) is 4.37. The molecule has 2 atom stereocenters. The zero-order valence-electron chi connectivity index (χ0n) is 13.1. The molecule has 2 nitrogen and oxygen atoms in total. The van der Waals surface area contributed by atoms with Crippen LogP contribution in [0, 0.1) is 5.92 Å². The number of nitrogens with zero attached hydrogens (tertiary/aromatic N) is 1. The first kappa shape index (κ1) is 15.0. The Kier molecular flexibility index (Phi) is 4.63. The molecule has 2 N–H and O–H groups in total. The molecule has 0 spiro atoms. The first-order valence-corrected chi connectivity index (χ1v) is 8.92. The minimum absolute atomic E-state index is 0.655. The number of nitrogens with two attached hydrogens (primary N) is 1. The highest BCUT2D eigenvalue weighted by atomic mass is 32.1. The fourth-order valence-electron chi connectivity index (χ4n) is 3.81. The van der Waals surface area contributed by atoms with E-state index >= 15 is 0 Å². The van der Waals surface area contributed by atoms with E-state index in [0.717, 1.165) is 18.5 Å². The second-order valence-electron chi connectivity index (χ2n) is 6.45. The van der Waals surface area contributed by atoms with E-state index in [1.807, 2.05) is 11.3 Å². The van der Waals surface area contributed by atoms with E-state index in [1.165, 1.54) is 46.2 Å². The highest BCUT2D eigenvalue weighted by Gasteiger charge is 2.26. The Hall–Kier alpha value is -0.900. The van der Waals surface area contributed by atoms with Gasteiger partial charge < -0.3 is 5.73 Å². The highest BCUT2D eigenvalue weighted by molar-refractivity contribution is 7.19. The fourth-order valence-corrected chi connectivity index (χ4v) is 4.90. The van der Waals surface area contributed by atoms with Crippen molar-refractivity contribution in [2.45, 2.75) is 51.7 Å². The molecular weight excluding hydrogens is 276 g/mol. The predicted molar refractivity (Wildman–Crippen MR) is 92.6 cm³/mol. The van der Waals surface area contributed by atoms with Crippen molar-refractivity contribution in [2.75, 3.05) is 7.05 Å². The van der Waals surface area contributed by atoms with Gasteiger partial charge in [0, 0.05) is 28.7 Å². The number of hydrogen-bond acceptors (Lipinski definition) is 3. The molecule has 2 unspecified atom stereocenters. The maximum absolute atomic E-state index is 5.99. The lowest BCUT2D eigenvalue weighted by Gasteiger charge is -2.36. The molecule has 2 aromatic rings. The number of thiophene rings is 1. The quantitative estimate of drug-likeness (QED) is 0.908. The third-order valence-electron chi connectivity index (χ3n) is 5.01. The van der Waals surface area contributed by atoms with Crippen molar-refractivity contribution in [1.82, 2.24) is 4.90 Å². The van der Waals surface area contributed by atoms with Gasteiger partial charge in [0.2, 0.25) is 0 Å². The Morgan fingerprint density at radius 3 is 2.76 bits per heavy atom. The summed E-state index contributed by atoms with van der Waals surface area (Å²) in [6.07, 6.45) is 5.51. The fraction of sp³-hybridized carbons (Fsp3) is 0.556. The van der Waals surface area contributed by atoms with Gasteiger partial charge in [-0.3, -0.25) is 4.90 Å². The standard InChI is InChI=1S/C18H26N2S/c1-13-7-3-5-9-16(13)20(2)12-15-14-8-4-6-10-17(14)21-18(15)11-19/h4,6,8,10,13,16H,3,5,7,9,11-12,19H2,1-2H3. The van der Waals surface area contributed by atoms with Gasteiger partial charge in [0.15, 0.2) is 0 Å². The van der Waals surface area contributed by atoms with Crippen molar-refractivity contribution < 1.29 is 0 Å². The van der Waals surface area contributed by atoms with Crippen LogP contribution in [0.5, 0.6) is 0 Å². The number of fused-ring (bicyclic) bond motifs is 1. The summed E-state index contributed by atoms with van der Waals surface area (Å²) >= 11 is 1.86. The van der Waals surface area contributed by atoms with Gasteiger partial charge in [-0.25, -0.2) is 0 Å². The van der Waals surface area contributed by atoms with Crippen LogP contribution in [-0.4, -0.2) is 18.0 Å². The van der Waals surface area contributed by atoms with Gasteiger partial charge in [0.25, 0.3) is 0 Å². The molecule has 1 aromatic carbocycles. The normalized spacial score (nSPS) is 23.0. The second-order valence-corrected chi connectivity index (χ2v) is 7.59. The maximum Gasteiger partial charge on any atom is 0.0349 e. The SMILES string of the molecule is CC1CCCCC1N(C)Cc1c(CN)sc2ccccc12. The Morgan fingerprint density at radius 1 is 1.24 bits per heavy atom. The van der Waals surface area contributed by atoms with Gasteiger partial charge >= 0.3 is 0 Å². The molecule has 0 aliphatic heterocycles. The molecule has 1 aliphatic carbocycles. The lowest BCUT2D eigenvalue weighted by atomic mass is 9.85. The van der Waals surface area contributed by atoms with Crippen LogP contribution < -0.4 is 5.73 Å². The first-order chi connectivity index (χ1) is 10.2. The summed E-state index contributed by atoms with van der Waals surface area (Å²) in [5.74, 6) is 0.815. The summed E-state index contributed by atoms with van der Waals surface area (Å²) < 4.78 is 1.37. The number of benzene rings is 1. The Labute approximate surface area is 131 Å². The Morgan fingerprint density at radius 2 is 2.00 bits per heavy atom. The van der Waals surface area contributed by atoms with E-state index in [4.69, 9.17) is 5.73 Å². The number of rotatable bonds is 4. The third-order valence-corrected chi connectivity index (χ3v) is 6.24. The topological polar surface area (TPSA) is 29.3 Å². The van der Waals surface area contributed by atoms with Crippen LogP contribution >= 0.6 is 11.3 Å². The molecule has 0 amide bonds. The molecule has 0 radical (unpaired) electrons. The van der Waals surface area contributed by atoms with Gasteiger partial charge in [-0.15, -0.1) is 11.3 Å². The van der Waals surface area contributed by atoms with Crippen LogP contribution in [-0.2, 0) is 13.1 Å². The molecule has 3 rings (SSSR count). The van der Waals surface area contributed by atoms with Crippen molar-refractivity contribution in [3.05, 3.63) is 34.7 Å². The van der Waals surface area contributed by atoms with Crippen molar-refractivity contribution in [1.29, 1.82) is 0 Å². The van der Waals surface area contributed by atoms with E-state index in [2.05, 4.69) is 43.1 Å². The summed E-state index contributed by atoms with van der Waals surface area (Å²) in [5.41, 5.74) is 7.44. The summed E-state index contributed by atoms with van der Waals surface area (Å²) in [6, 6.07) is 9.45. The van der Waals surface area contributed by atoms with E-state index < -0.39 is 0 Å². The van der Waals surface area contributed by atoms with E-state index in [-0.39, 0.29) is 0 Å². The van der Waals surface area contributed by atoms with Crippen LogP contribution in [0.2, 0.25) is 0 Å². The molecule has 114 valence electrons. The summed E-state index contributed by atoms with van der Waals surface area (Å²) in [7, 11) is 2.29. The molecule has 1 saturated carbocycles. The summed E-state index contributed by atoms with van der Waals surface area (Å²) in [5, 5.41) is 1.40. The van der Waals surface area contributed by atoms with Crippen molar-refractivity contribution in [3.63, 3.8) is 0 Å².